The molecule has 2 heterocycles. The number of nitrogens with zero attached hydrogens (tertiary/aromatic N) is 2. The van der Waals surface area contributed by atoms with E-state index in [1.54, 1.807) is 0 Å². The third kappa shape index (κ3) is 5.78. The highest BCUT2D eigenvalue weighted by atomic mass is 28.3. The Morgan fingerprint density at radius 2 is 0.746 bits per heavy atom. The summed E-state index contributed by atoms with van der Waals surface area (Å²) in [4.78, 5) is 0. The van der Waals surface area contributed by atoms with E-state index in [4.69, 9.17) is 0 Å². The second kappa shape index (κ2) is 15.2. The maximum atomic E-state index is 2.61. The van der Waals surface area contributed by atoms with Crippen LogP contribution in [0, 0.1) is 0 Å². The minimum absolute atomic E-state index is 1.13. The Hall–Kier alpha value is -7.98. The Labute approximate surface area is 368 Å². The molecule has 0 atom stereocenters. The zero-order chi connectivity index (χ0) is 41.7. The average molecular weight is 819 g/mol. The molecule has 0 fully saturated rings. The van der Waals surface area contributed by atoms with Crippen molar-refractivity contribution >= 4 is 72.4 Å². The van der Waals surface area contributed by atoms with E-state index in [-0.39, 0.29) is 0 Å². The van der Waals surface area contributed by atoms with Gasteiger partial charge < -0.3 is 9.13 Å². The van der Waals surface area contributed by atoms with Crippen LogP contribution >= 0.6 is 0 Å². The number of para-hydroxylation sites is 3. The molecule has 0 bridgehead atoms. The van der Waals surface area contributed by atoms with Crippen molar-refractivity contribution in [1.29, 1.82) is 0 Å². The summed E-state index contributed by atoms with van der Waals surface area (Å²) >= 11 is 0. The van der Waals surface area contributed by atoms with Gasteiger partial charge in [-0.25, -0.2) is 0 Å². The van der Waals surface area contributed by atoms with Gasteiger partial charge in [0.25, 0.3) is 0 Å². The molecule has 0 radical (unpaired) electrons. The van der Waals surface area contributed by atoms with E-state index in [1.807, 2.05) is 0 Å². The summed E-state index contributed by atoms with van der Waals surface area (Å²) in [5.74, 6) is 0. The van der Waals surface area contributed by atoms with Gasteiger partial charge in [-0.2, -0.15) is 0 Å². The summed E-state index contributed by atoms with van der Waals surface area (Å²) in [6.07, 6.45) is 0. The molecule has 0 unspecified atom stereocenters. The van der Waals surface area contributed by atoms with E-state index in [1.165, 1.54) is 86.6 Å². The van der Waals surface area contributed by atoms with Crippen LogP contribution in [0.3, 0.4) is 0 Å². The standard InChI is InChI=1S/C60H42N2Si/c1-6-21-43(22-7-1)44-37-39-46(40-38-44)61-55-35-19-17-32-53(55)58-56(42-41-50(60(58)61)45-23-8-2-9-24-45)62-54-34-18-16-31-51(54)52-33-20-36-57(59(52)62)63(47-25-10-3-11-26-47,48-27-12-4-13-28-48)49-29-14-5-15-30-49/h1-42H. The summed E-state index contributed by atoms with van der Waals surface area (Å²) < 4.78 is 5.11. The van der Waals surface area contributed by atoms with Gasteiger partial charge in [-0.05, 0) is 67.8 Å². The lowest BCUT2D eigenvalue weighted by Gasteiger charge is -2.35. The largest absolute Gasteiger partial charge is 0.309 e. The van der Waals surface area contributed by atoms with Gasteiger partial charge in [0, 0.05) is 32.8 Å². The molecule has 2 aromatic heterocycles. The quantitative estimate of drug-likeness (QED) is 0.107. The van der Waals surface area contributed by atoms with Gasteiger partial charge in [0.2, 0.25) is 0 Å². The molecule has 10 aromatic carbocycles. The second-order valence-corrected chi connectivity index (χ2v) is 20.2. The first-order valence-corrected chi connectivity index (χ1v) is 23.8. The van der Waals surface area contributed by atoms with Crippen molar-refractivity contribution in [3.63, 3.8) is 0 Å². The van der Waals surface area contributed by atoms with Crippen LogP contribution in [0.5, 0.6) is 0 Å². The first kappa shape index (κ1) is 36.8. The number of benzene rings is 10. The van der Waals surface area contributed by atoms with E-state index < -0.39 is 8.07 Å². The van der Waals surface area contributed by atoms with E-state index in [2.05, 4.69) is 264 Å². The van der Waals surface area contributed by atoms with Crippen LogP contribution in [-0.4, -0.2) is 17.2 Å². The predicted octanol–water partition coefficient (Wildman–Crippen LogP) is 12.6. The van der Waals surface area contributed by atoms with Gasteiger partial charge in [-0.15, -0.1) is 0 Å². The lowest BCUT2D eigenvalue weighted by Crippen LogP contribution is -2.75. The molecule has 0 aliphatic carbocycles. The maximum absolute atomic E-state index is 2.98. The second-order valence-electron chi connectivity index (χ2n) is 16.4. The van der Waals surface area contributed by atoms with Crippen LogP contribution in [0.1, 0.15) is 0 Å². The Kier molecular flexibility index (Phi) is 8.87. The molecule has 12 rings (SSSR count). The number of hydrogen-bond donors (Lipinski definition) is 0. The summed E-state index contributed by atoms with van der Waals surface area (Å²) in [5, 5.41) is 10.4. The zero-order valence-electron chi connectivity index (χ0n) is 34.6. The summed E-state index contributed by atoms with van der Waals surface area (Å²) in [7, 11) is -2.98. The molecule has 0 spiro atoms. The Balaban J connectivity index is 1.25. The third-order valence-electron chi connectivity index (χ3n) is 13.1. The number of fused-ring (bicyclic) bond motifs is 6. The minimum atomic E-state index is -2.98. The van der Waals surface area contributed by atoms with Gasteiger partial charge in [0.15, 0.2) is 8.07 Å². The van der Waals surface area contributed by atoms with Crippen molar-refractivity contribution in [3.05, 3.63) is 255 Å². The van der Waals surface area contributed by atoms with E-state index in [0.717, 1.165) is 11.4 Å². The monoisotopic (exact) mass is 818 g/mol. The zero-order valence-corrected chi connectivity index (χ0v) is 35.6. The van der Waals surface area contributed by atoms with Gasteiger partial charge >= 0.3 is 0 Å². The van der Waals surface area contributed by atoms with Gasteiger partial charge in [-0.1, -0.05) is 224 Å². The predicted molar refractivity (Wildman–Crippen MR) is 270 cm³/mol. The summed E-state index contributed by atoms with van der Waals surface area (Å²) in [6.45, 7) is 0. The first-order valence-electron chi connectivity index (χ1n) is 21.8. The molecule has 296 valence electrons. The molecule has 0 N–H and O–H groups in total. The molecule has 0 aliphatic rings. The number of hydrogen-bond acceptors (Lipinski definition) is 0. The molecule has 3 heteroatoms. The van der Waals surface area contributed by atoms with Crippen LogP contribution in [0.4, 0.5) is 0 Å². The van der Waals surface area contributed by atoms with Crippen LogP contribution in [0.2, 0.25) is 0 Å². The van der Waals surface area contributed by atoms with E-state index >= 15 is 0 Å². The highest BCUT2D eigenvalue weighted by Gasteiger charge is 2.43. The average Bonchev–Trinajstić information content (AvgIpc) is 3.90. The van der Waals surface area contributed by atoms with Gasteiger partial charge in [-0.3, -0.25) is 0 Å². The summed E-state index contributed by atoms with van der Waals surface area (Å²) in [5.41, 5.74) is 11.9. The Bertz CT molecular complexity index is 3480. The first-order chi connectivity index (χ1) is 31.3. The molecule has 63 heavy (non-hydrogen) atoms. The minimum Gasteiger partial charge on any atom is -0.309 e. The highest BCUT2D eigenvalue weighted by Crippen LogP contribution is 2.44. The van der Waals surface area contributed by atoms with Crippen LogP contribution < -0.4 is 20.7 Å². The summed E-state index contributed by atoms with van der Waals surface area (Å²) in [6, 6.07) is 94.3. The van der Waals surface area contributed by atoms with Crippen LogP contribution in [0.15, 0.2) is 255 Å². The maximum Gasteiger partial charge on any atom is 0.181 e. The van der Waals surface area contributed by atoms with Crippen molar-refractivity contribution in [2.24, 2.45) is 0 Å². The Morgan fingerprint density at radius 3 is 1.33 bits per heavy atom. The number of aromatic nitrogens is 2. The fourth-order valence-electron chi connectivity index (χ4n) is 10.4. The highest BCUT2D eigenvalue weighted by molar-refractivity contribution is 7.20. The smallest absolute Gasteiger partial charge is 0.181 e. The van der Waals surface area contributed by atoms with Crippen molar-refractivity contribution in [1.82, 2.24) is 9.13 Å². The number of rotatable bonds is 8. The van der Waals surface area contributed by atoms with E-state index in [9.17, 15) is 0 Å². The van der Waals surface area contributed by atoms with Crippen molar-refractivity contribution in [3.8, 4) is 33.6 Å². The Morgan fingerprint density at radius 1 is 0.286 bits per heavy atom. The van der Waals surface area contributed by atoms with Crippen molar-refractivity contribution < 1.29 is 0 Å². The van der Waals surface area contributed by atoms with Crippen LogP contribution in [0.25, 0.3) is 77.2 Å². The van der Waals surface area contributed by atoms with Crippen molar-refractivity contribution in [2.45, 2.75) is 0 Å². The molecule has 0 aliphatic heterocycles. The molecular formula is C60H42N2Si. The topological polar surface area (TPSA) is 9.86 Å². The lowest BCUT2D eigenvalue weighted by molar-refractivity contribution is 1.17. The fraction of sp³-hybridized carbons (Fsp3) is 0. The molecular weight excluding hydrogens is 777 g/mol. The normalized spacial score (nSPS) is 11.8. The van der Waals surface area contributed by atoms with E-state index in [0.29, 0.717) is 0 Å². The fourth-order valence-corrected chi connectivity index (χ4v) is 15.4. The molecule has 2 nitrogen and oxygen atoms in total. The van der Waals surface area contributed by atoms with Gasteiger partial charge in [0.05, 0.1) is 27.8 Å². The SMILES string of the molecule is c1ccc(-c2ccc(-n3c4ccccc4c4c(-n5c6ccccc6c6cccc([Si](c7ccccc7)(c7ccccc7)c7ccccc7)c65)ccc(-c5ccccc5)c43)cc2)cc1. The van der Waals surface area contributed by atoms with Crippen LogP contribution in [-0.2, 0) is 0 Å². The molecule has 0 saturated heterocycles. The lowest BCUT2D eigenvalue weighted by atomic mass is 10.00. The van der Waals surface area contributed by atoms with Gasteiger partial charge in [0.1, 0.15) is 0 Å². The van der Waals surface area contributed by atoms with Crippen molar-refractivity contribution in [2.75, 3.05) is 0 Å². The third-order valence-corrected chi connectivity index (χ3v) is 17.9. The molecule has 0 saturated carbocycles. The molecule has 12 aromatic rings. The molecule has 0 amide bonds.